The van der Waals surface area contributed by atoms with Crippen LogP contribution in [0.25, 0.3) is 10.9 Å². The van der Waals surface area contributed by atoms with Gasteiger partial charge in [-0.15, -0.1) is 0 Å². The topological polar surface area (TPSA) is 51.3 Å². The number of nitrogens with one attached hydrogen (secondary N) is 1. The number of ketones is 1. The van der Waals surface area contributed by atoms with Crippen LogP contribution in [0.5, 0.6) is 11.5 Å². The maximum absolute atomic E-state index is 12.7. The number of halogens is 1. The summed E-state index contributed by atoms with van der Waals surface area (Å²) >= 11 is 5.95. The number of carbonyl (C=O) groups is 1. The summed E-state index contributed by atoms with van der Waals surface area (Å²) in [6.07, 6.45) is 1.70. The Morgan fingerprint density at radius 1 is 1.10 bits per heavy atom. The minimum Gasteiger partial charge on any atom is -0.454 e. The first-order chi connectivity index (χ1) is 10.2. The van der Waals surface area contributed by atoms with Crippen LogP contribution < -0.4 is 9.47 Å². The van der Waals surface area contributed by atoms with Gasteiger partial charge in [0.2, 0.25) is 6.79 Å². The Morgan fingerprint density at radius 3 is 2.86 bits per heavy atom. The van der Waals surface area contributed by atoms with E-state index in [9.17, 15) is 4.79 Å². The summed E-state index contributed by atoms with van der Waals surface area (Å²) in [5.74, 6) is 1.20. The Bertz CT molecular complexity index is 869. The van der Waals surface area contributed by atoms with Crippen LogP contribution in [0.2, 0.25) is 5.02 Å². The number of hydrogen-bond donors (Lipinski definition) is 1. The molecule has 4 rings (SSSR count). The third-order valence-electron chi connectivity index (χ3n) is 3.52. The van der Waals surface area contributed by atoms with Gasteiger partial charge >= 0.3 is 0 Å². The molecule has 0 radical (unpaired) electrons. The molecule has 104 valence electrons. The number of H-pyrrole nitrogens is 1. The first-order valence-corrected chi connectivity index (χ1v) is 6.81. The predicted octanol–water partition coefficient (Wildman–Crippen LogP) is 3.78. The highest BCUT2D eigenvalue weighted by atomic mass is 35.5. The molecule has 0 spiro atoms. The fourth-order valence-electron chi connectivity index (χ4n) is 2.48. The molecule has 0 fully saturated rings. The van der Waals surface area contributed by atoms with E-state index in [4.69, 9.17) is 21.1 Å². The van der Waals surface area contributed by atoms with Gasteiger partial charge in [0.15, 0.2) is 17.3 Å². The van der Waals surface area contributed by atoms with E-state index in [2.05, 4.69) is 4.98 Å². The molecule has 0 bridgehead atoms. The first-order valence-electron chi connectivity index (χ1n) is 6.43. The molecule has 21 heavy (non-hydrogen) atoms. The van der Waals surface area contributed by atoms with Gasteiger partial charge in [-0.25, -0.2) is 0 Å². The van der Waals surface area contributed by atoms with E-state index in [1.807, 2.05) is 6.07 Å². The van der Waals surface area contributed by atoms with E-state index < -0.39 is 0 Å². The van der Waals surface area contributed by atoms with Crippen LogP contribution in [0.1, 0.15) is 15.9 Å². The number of benzene rings is 2. The van der Waals surface area contributed by atoms with E-state index >= 15 is 0 Å². The molecule has 5 heteroatoms. The molecule has 0 aliphatic carbocycles. The fourth-order valence-corrected chi connectivity index (χ4v) is 2.65. The molecule has 0 unspecified atom stereocenters. The van der Waals surface area contributed by atoms with Crippen molar-refractivity contribution in [3.8, 4) is 11.5 Å². The fraction of sp³-hybridized carbons (Fsp3) is 0.0625. The first kappa shape index (κ1) is 12.3. The molecule has 0 amide bonds. The van der Waals surface area contributed by atoms with Crippen LogP contribution >= 0.6 is 11.6 Å². The Kier molecular flexibility index (Phi) is 2.65. The summed E-state index contributed by atoms with van der Waals surface area (Å²) in [5.41, 5.74) is 2.02. The van der Waals surface area contributed by atoms with Gasteiger partial charge in [-0.05, 0) is 30.3 Å². The average molecular weight is 300 g/mol. The molecule has 4 nitrogen and oxygen atoms in total. The summed E-state index contributed by atoms with van der Waals surface area (Å²) in [5, 5.41) is 1.48. The molecule has 1 aliphatic heterocycles. The maximum Gasteiger partial charge on any atom is 0.231 e. The van der Waals surface area contributed by atoms with Gasteiger partial charge in [-0.2, -0.15) is 0 Å². The zero-order valence-electron chi connectivity index (χ0n) is 10.9. The molecular formula is C16H10ClNO3. The number of carbonyl (C=O) groups excluding carboxylic acids is 1. The van der Waals surface area contributed by atoms with Gasteiger partial charge in [0, 0.05) is 33.2 Å². The third kappa shape index (κ3) is 1.96. The van der Waals surface area contributed by atoms with Gasteiger partial charge in [-0.1, -0.05) is 17.7 Å². The Balaban J connectivity index is 1.79. The van der Waals surface area contributed by atoms with E-state index in [0.29, 0.717) is 27.6 Å². The maximum atomic E-state index is 12.7. The Hall–Kier alpha value is -2.46. The lowest BCUT2D eigenvalue weighted by molar-refractivity contribution is 0.104. The number of rotatable bonds is 2. The lowest BCUT2D eigenvalue weighted by Crippen LogP contribution is -2.00. The lowest BCUT2D eigenvalue weighted by Gasteiger charge is -2.02. The smallest absolute Gasteiger partial charge is 0.231 e. The zero-order chi connectivity index (χ0) is 14.4. The standard InChI is InChI=1S/C16H10ClNO3/c17-10-2-3-11-12(7-18-13(11)6-10)16(19)9-1-4-14-15(5-9)21-8-20-14/h1-7,18H,8H2. The van der Waals surface area contributed by atoms with Gasteiger partial charge in [0.25, 0.3) is 0 Å². The van der Waals surface area contributed by atoms with Crippen molar-refractivity contribution in [2.75, 3.05) is 6.79 Å². The van der Waals surface area contributed by atoms with Crippen molar-refractivity contribution in [2.45, 2.75) is 0 Å². The van der Waals surface area contributed by atoms with Gasteiger partial charge in [0.05, 0.1) is 0 Å². The third-order valence-corrected chi connectivity index (χ3v) is 3.76. The monoisotopic (exact) mass is 299 g/mol. The number of hydrogen-bond acceptors (Lipinski definition) is 3. The second-order valence-corrected chi connectivity index (χ2v) is 5.23. The summed E-state index contributed by atoms with van der Waals surface area (Å²) in [4.78, 5) is 15.7. The molecule has 3 aromatic rings. The van der Waals surface area contributed by atoms with Crippen LogP contribution in [-0.2, 0) is 0 Å². The van der Waals surface area contributed by atoms with Crippen LogP contribution in [0.15, 0.2) is 42.6 Å². The number of aromatic nitrogens is 1. The van der Waals surface area contributed by atoms with Crippen molar-refractivity contribution in [3.63, 3.8) is 0 Å². The van der Waals surface area contributed by atoms with Gasteiger partial charge in [-0.3, -0.25) is 4.79 Å². The lowest BCUT2D eigenvalue weighted by atomic mass is 10.0. The summed E-state index contributed by atoms with van der Waals surface area (Å²) in [6, 6.07) is 10.6. The molecular weight excluding hydrogens is 290 g/mol. The van der Waals surface area contributed by atoms with Crippen molar-refractivity contribution < 1.29 is 14.3 Å². The molecule has 1 aliphatic rings. The van der Waals surface area contributed by atoms with Crippen molar-refractivity contribution in [3.05, 3.63) is 58.7 Å². The minimum atomic E-state index is -0.0677. The Morgan fingerprint density at radius 2 is 1.95 bits per heavy atom. The van der Waals surface area contributed by atoms with Crippen LogP contribution in [0, 0.1) is 0 Å². The summed E-state index contributed by atoms with van der Waals surface area (Å²) in [6.45, 7) is 0.193. The largest absolute Gasteiger partial charge is 0.454 e. The van der Waals surface area contributed by atoms with Crippen molar-refractivity contribution in [1.29, 1.82) is 0 Å². The van der Waals surface area contributed by atoms with Crippen LogP contribution in [0.4, 0.5) is 0 Å². The van der Waals surface area contributed by atoms with Crippen LogP contribution in [-0.4, -0.2) is 17.6 Å². The number of fused-ring (bicyclic) bond motifs is 2. The minimum absolute atomic E-state index is 0.0677. The second-order valence-electron chi connectivity index (χ2n) is 4.79. The van der Waals surface area contributed by atoms with Gasteiger partial charge in [0.1, 0.15) is 0 Å². The quantitative estimate of drug-likeness (QED) is 0.733. The van der Waals surface area contributed by atoms with Crippen LogP contribution in [0.3, 0.4) is 0 Å². The van der Waals surface area contributed by atoms with E-state index in [1.54, 1.807) is 36.5 Å². The molecule has 0 saturated carbocycles. The highest BCUT2D eigenvalue weighted by molar-refractivity contribution is 6.31. The molecule has 0 saturated heterocycles. The van der Waals surface area contributed by atoms with Crippen molar-refractivity contribution >= 4 is 28.3 Å². The molecule has 1 aromatic heterocycles. The SMILES string of the molecule is O=C(c1ccc2c(c1)OCO2)c1c[nH]c2cc(Cl)ccc12. The van der Waals surface area contributed by atoms with Crippen molar-refractivity contribution in [1.82, 2.24) is 4.98 Å². The predicted molar refractivity (Wildman–Crippen MR) is 79.3 cm³/mol. The molecule has 1 N–H and O–H groups in total. The summed E-state index contributed by atoms with van der Waals surface area (Å²) in [7, 11) is 0. The molecule has 0 atom stereocenters. The summed E-state index contributed by atoms with van der Waals surface area (Å²) < 4.78 is 10.6. The molecule has 2 heterocycles. The highest BCUT2D eigenvalue weighted by Gasteiger charge is 2.19. The number of ether oxygens (including phenoxy) is 2. The number of aromatic amines is 1. The zero-order valence-corrected chi connectivity index (χ0v) is 11.6. The van der Waals surface area contributed by atoms with Crippen molar-refractivity contribution in [2.24, 2.45) is 0 Å². The average Bonchev–Trinajstić information content (AvgIpc) is 3.11. The van der Waals surface area contributed by atoms with E-state index in [1.165, 1.54) is 0 Å². The van der Waals surface area contributed by atoms with E-state index in [0.717, 1.165) is 10.9 Å². The normalized spacial score (nSPS) is 12.8. The van der Waals surface area contributed by atoms with E-state index in [-0.39, 0.29) is 12.6 Å². The van der Waals surface area contributed by atoms with Gasteiger partial charge < -0.3 is 14.5 Å². The molecule has 2 aromatic carbocycles. The Labute approximate surface area is 125 Å². The highest BCUT2D eigenvalue weighted by Crippen LogP contribution is 2.33. The second kappa shape index (κ2) is 4.53.